The fourth-order valence-corrected chi connectivity index (χ4v) is 3.37. The van der Waals surface area contributed by atoms with Gasteiger partial charge in [-0.1, -0.05) is 105 Å². The van der Waals surface area contributed by atoms with E-state index in [1.165, 1.54) is 29.5 Å². The molecule has 154 valence electrons. The predicted molar refractivity (Wildman–Crippen MR) is 126 cm³/mol. The van der Waals surface area contributed by atoms with Crippen LogP contribution in [0.4, 0.5) is 0 Å². The van der Waals surface area contributed by atoms with Crippen LogP contribution in [0, 0.1) is 0 Å². The maximum Gasteiger partial charge on any atom is 0.333 e. The van der Waals surface area contributed by atoms with Crippen molar-refractivity contribution in [3.05, 3.63) is 90.0 Å². The van der Waals surface area contributed by atoms with Gasteiger partial charge in [-0.15, -0.1) is 0 Å². The topological polar surface area (TPSA) is 26.3 Å². The van der Waals surface area contributed by atoms with Crippen LogP contribution in [0.25, 0.3) is 28.3 Å². The van der Waals surface area contributed by atoms with Crippen LogP contribution in [0.5, 0.6) is 0 Å². The molecule has 0 saturated carbocycles. The first-order valence-electron chi connectivity index (χ1n) is 10.8. The highest BCUT2D eigenvalue weighted by atomic mass is 16.5. The Hall–Kier alpha value is -3.13. The Bertz CT molecular complexity index is 952. The molecule has 2 nitrogen and oxygen atoms in total. The van der Waals surface area contributed by atoms with Gasteiger partial charge >= 0.3 is 5.97 Å². The monoisotopic (exact) mass is 398 g/mol. The van der Waals surface area contributed by atoms with Crippen molar-refractivity contribution in [3.8, 4) is 22.3 Å². The van der Waals surface area contributed by atoms with Crippen molar-refractivity contribution in [1.82, 2.24) is 0 Å². The van der Waals surface area contributed by atoms with E-state index in [1.54, 1.807) is 0 Å². The van der Waals surface area contributed by atoms with E-state index in [-0.39, 0.29) is 5.97 Å². The number of benzene rings is 3. The highest BCUT2D eigenvalue weighted by molar-refractivity contribution is 5.93. The fourth-order valence-electron chi connectivity index (χ4n) is 3.37. The summed E-state index contributed by atoms with van der Waals surface area (Å²) in [5, 5.41) is 0. The maximum atomic E-state index is 12.1. The Morgan fingerprint density at radius 3 is 1.83 bits per heavy atom. The largest absolute Gasteiger partial charge is 0.462 e. The first-order valence-corrected chi connectivity index (χ1v) is 10.8. The molecule has 0 radical (unpaired) electrons. The normalized spacial score (nSPS) is 11.3. The maximum absolute atomic E-state index is 12.1. The van der Waals surface area contributed by atoms with Crippen molar-refractivity contribution < 1.29 is 9.53 Å². The van der Waals surface area contributed by atoms with Gasteiger partial charge in [-0.05, 0) is 47.2 Å². The molecular formula is C28H30O2. The molecule has 3 aromatic rings. The average Bonchev–Trinajstić information content (AvgIpc) is 2.80. The Labute approximate surface area is 180 Å². The average molecular weight is 399 g/mol. The van der Waals surface area contributed by atoms with Crippen molar-refractivity contribution in [2.75, 3.05) is 6.61 Å². The highest BCUT2D eigenvalue weighted by Gasteiger charge is 2.06. The van der Waals surface area contributed by atoms with Crippen molar-refractivity contribution in [1.29, 1.82) is 0 Å². The zero-order valence-electron chi connectivity index (χ0n) is 17.9. The second-order valence-corrected chi connectivity index (χ2v) is 7.59. The third-order valence-corrected chi connectivity index (χ3v) is 5.17. The summed E-state index contributed by atoms with van der Waals surface area (Å²) in [4.78, 5) is 12.1. The summed E-state index contributed by atoms with van der Waals surface area (Å²) in [6, 6.07) is 27.2. The minimum absolute atomic E-state index is 0.230. The van der Waals surface area contributed by atoms with Gasteiger partial charge < -0.3 is 4.74 Å². The van der Waals surface area contributed by atoms with E-state index in [0.717, 1.165) is 24.0 Å². The number of esters is 1. The lowest BCUT2D eigenvalue weighted by molar-refractivity contribution is -0.139. The number of ether oxygens (including phenoxy) is 1. The molecule has 0 saturated heterocycles. The molecule has 0 aliphatic rings. The van der Waals surface area contributed by atoms with Gasteiger partial charge in [0, 0.05) is 5.57 Å². The van der Waals surface area contributed by atoms with Crippen LogP contribution in [0.1, 0.15) is 45.1 Å². The molecule has 0 aromatic heterocycles. The number of rotatable bonds is 9. The van der Waals surface area contributed by atoms with E-state index in [1.807, 2.05) is 31.2 Å². The van der Waals surface area contributed by atoms with Crippen molar-refractivity contribution in [2.45, 2.75) is 39.5 Å². The molecule has 2 heteroatoms. The number of unbranched alkanes of at least 4 members (excludes halogenated alkanes) is 3. The van der Waals surface area contributed by atoms with Crippen LogP contribution in [-0.2, 0) is 9.53 Å². The Morgan fingerprint density at radius 2 is 1.27 bits per heavy atom. The molecule has 3 rings (SSSR count). The van der Waals surface area contributed by atoms with Crippen LogP contribution in [0.15, 0.2) is 84.4 Å². The standard InChI is InChI=1S/C28H30O2/c1-3-4-5-9-20-30-28(29)22(2)21-23-12-14-25(15-13-23)27-18-16-26(17-19-27)24-10-7-6-8-11-24/h6-8,10-19,21H,3-5,9,20H2,1-2H3/b22-21+. The van der Waals surface area contributed by atoms with Gasteiger partial charge in [0.1, 0.15) is 0 Å². The summed E-state index contributed by atoms with van der Waals surface area (Å²) in [7, 11) is 0. The summed E-state index contributed by atoms with van der Waals surface area (Å²) in [5.74, 6) is -0.230. The van der Waals surface area contributed by atoms with E-state index in [9.17, 15) is 4.79 Å². The molecule has 0 fully saturated rings. The lowest BCUT2D eigenvalue weighted by Crippen LogP contribution is -2.07. The van der Waals surface area contributed by atoms with Gasteiger partial charge in [0.25, 0.3) is 0 Å². The van der Waals surface area contributed by atoms with E-state index in [2.05, 4.69) is 67.6 Å². The van der Waals surface area contributed by atoms with Gasteiger partial charge in [-0.3, -0.25) is 0 Å². The number of hydrogen-bond acceptors (Lipinski definition) is 2. The van der Waals surface area contributed by atoms with Gasteiger partial charge in [0.05, 0.1) is 6.61 Å². The quantitative estimate of drug-likeness (QED) is 0.211. The zero-order chi connectivity index (χ0) is 21.2. The Kier molecular flexibility index (Phi) is 8.02. The van der Waals surface area contributed by atoms with Crippen LogP contribution in [-0.4, -0.2) is 12.6 Å². The molecule has 0 aliphatic heterocycles. The summed E-state index contributed by atoms with van der Waals surface area (Å²) < 4.78 is 5.36. The number of carbonyl (C=O) groups is 1. The lowest BCUT2D eigenvalue weighted by atomic mass is 9.99. The molecule has 0 amide bonds. The summed E-state index contributed by atoms with van der Waals surface area (Å²) in [6.45, 7) is 4.48. The Balaban J connectivity index is 1.60. The minimum atomic E-state index is -0.230. The molecule has 0 bridgehead atoms. The van der Waals surface area contributed by atoms with E-state index >= 15 is 0 Å². The molecule has 30 heavy (non-hydrogen) atoms. The third kappa shape index (κ3) is 6.18. The Morgan fingerprint density at radius 1 is 0.733 bits per heavy atom. The van der Waals surface area contributed by atoms with Crippen molar-refractivity contribution in [2.24, 2.45) is 0 Å². The predicted octanol–water partition coefficient (Wildman–Crippen LogP) is 7.55. The van der Waals surface area contributed by atoms with Gasteiger partial charge in [-0.25, -0.2) is 4.79 Å². The third-order valence-electron chi connectivity index (χ3n) is 5.17. The van der Waals surface area contributed by atoms with Crippen LogP contribution >= 0.6 is 0 Å². The van der Waals surface area contributed by atoms with Gasteiger partial charge in [-0.2, -0.15) is 0 Å². The molecule has 0 atom stereocenters. The molecule has 3 aromatic carbocycles. The van der Waals surface area contributed by atoms with E-state index in [0.29, 0.717) is 12.2 Å². The molecule has 0 spiro atoms. The van der Waals surface area contributed by atoms with E-state index in [4.69, 9.17) is 4.74 Å². The van der Waals surface area contributed by atoms with Crippen molar-refractivity contribution >= 4 is 12.0 Å². The zero-order valence-corrected chi connectivity index (χ0v) is 17.9. The van der Waals surface area contributed by atoms with Gasteiger partial charge in [0.2, 0.25) is 0 Å². The number of hydrogen-bond donors (Lipinski definition) is 0. The molecule has 0 heterocycles. The molecule has 0 aliphatic carbocycles. The molecule has 0 unspecified atom stereocenters. The first-order chi connectivity index (χ1) is 14.7. The second-order valence-electron chi connectivity index (χ2n) is 7.59. The SMILES string of the molecule is CCCCCCOC(=O)/C(C)=C/c1ccc(-c2ccc(-c3ccccc3)cc2)cc1. The van der Waals surface area contributed by atoms with Gasteiger partial charge in [0.15, 0.2) is 0 Å². The second kappa shape index (κ2) is 11.2. The fraction of sp³-hybridized carbons (Fsp3) is 0.250. The molecule has 0 N–H and O–H groups in total. The summed E-state index contributed by atoms with van der Waals surface area (Å²) in [5.41, 5.74) is 6.39. The molecular weight excluding hydrogens is 368 g/mol. The minimum Gasteiger partial charge on any atom is -0.462 e. The number of carbonyl (C=O) groups excluding carboxylic acids is 1. The van der Waals surface area contributed by atoms with Crippen LogP contribution < -0.4 is 0 Å². The first kappa shape index (κ1) is 21.6. The van der Waals surface area contributed by atoms with E-state index < -0.39 is 0 Å². The highest BCUT2D eigenvalue weighted by Crippen LogP contribution is 2.25. The smallest absolute Gasteiger partial charge is 0.333 e. The lowest BCUT2D eigenvalue weighted by Gasteiger charge is -2.07. The van der Waals surface area contributed by atoms with Crippen LogP contribution in [0.3, 0.4) is 0 Å². The van der Waals surface area contributed by atoms with Crippen LogP contribution in [0.2, 0.25) is 0 Å². The summed E-state index contributed by atoms with van der Waals surface area (Å²) >= 11 is 0. The summed E-state index contributed by atoms with van der Waals surface area (Å²) in [6.07, 6.45) is 6.30. The van der Waals surface area contributed by atoms with Crippen molar-refractivity contribution in [3.63, 3.8) is 0 Å².